The molecule has 3 N–H and O–H groups in total. The van der Waals surface area contributed by atoms with Crippen LogP contribution >= 0.6 is 23.2 Å². The van der Waals surface area contributed by atoms with Gasteiger partial charge in [0.05, 0.1) is 5.71 Å². The maximum absolute atomic E-state index is 12.1. The van der Waals surface area contributed by atoms with Crippen LogP contribution in [0.4, 0.5) is 0 Å². The molecule has 1 aliphatic heterocycles. The molecule has 1 saturated heterocycles. The van der Waals surface area contributed by atoms with E-state index >= 15 is 0 Å². The SMILES string of the molecule is C/C(=N\NC(=O)C1CC(C2CC2)NN1)c1cc(Cl)cc(Cl)c1. The molecule has 1 amide bonds. The van der Waals surface area contributed by atoms with Crippen molar-refractivity contribution in [3.63, 3.8) is 0 Å². The second-order valence-electron chi connectivity index (χ2n) is 5.85. The van der Waals surface area contributed by atoms with Gasteiger partial charge < -0.3 is 0 Å². The topological polar surface area (TPSA) is 65.5 Å². The normalized spacial score (nSPS) is 25.3. The Morgan fingerprint density at radius 2 is 1.91 bits per heavy atom. The molecule has 1 aromatic carbocycles. The van der Waals surface area contributed by atoms with Crippen molar-refractivity contribution in [3.8, 4) is 0 Å². The third-order valence-corrected chi connectivity index (χ3v) is 4.49. The molecule has 1 aromatic rings. The number of hydrazone groups is 1. The maximum atomic E-state index is 12.1. The lowest BCUT2D eigenvalue weighted by molar-refractivity contribution is -0.122. The molecule has 2 fully saturated rings. The van der Waals surface area contributed by atoms with Crippen LogP contribution in [0.2, 0.25) is 10.0 Å². The Kier molecular flexibility index (Phi) is 4.68. The Labute approximate surface area is 139 Å². The van der Waals surface area contributed by atoms with Gasteiger partial charge in [0.2, 0.25) is 0 Å². The Morgan fingerprint density at radius 1 is 1.23 bits per heavy atom. The Bertz CT molecular complexity index is 595. The van der Waals surface area contributed by atoms with Crippen LogP contribution in [0.1, 0.15) is 31.7 Å². The van der Waals surface area contributed by atoms with Crippen LogP contribution in [-0.4, -0.2) is 23.7 Å². The zero-order chi connectivity index (χ0) is 15.7. The summed E-state index contributed by atoms with van der Waals surface area (Å²) in [5, 5.41) is 5.22. The lowest BCUT2D eigenvalue weighted by atomic mass is 10.1. The summed E-state index contributed by atoms with van der Waals surface area (Å²) in [6.07, 6.45) is 3.30. The molecule has 1 saturated carbocycles. The lowest BCUT2D eigenvalue weighted by Crippen LogP contribution is -2.42. The zero-order valence-corrected chi connectivity index (χ0v) is 13.7. The van der Waals surface area contributed by atoms with Crippen LogP contribution in [-0.2, 0) is 4.79 Å². The third kappa shape index (κ3) is 3.79. The van der Waals surface area contributed by atoms with Crippen molar-refractivity contribution < 1.29 is 4.79 Å². The fourth-order valence-electron chi connectivity index (χ4n) is 2.61. The van der Waals surface area contributed by atoms with E-state index in [1.54, 1.807) is 25.1 Å². The molecule has 118 valence electrons. The number of hydrazine groups is 1. The lowest BCUT2D eigenvalue weighted by Gasteiger charge is -2.08. The van der Waals surface area contributed by atoms with Gasteiger partial charge in [0.1, 0.15) is 6.04 Å². The summed E-state index contributed by atoms with van der Waals surface area (Å²) in [7, 11) is 0. The number of nitrogens with zero attached hydrogens (tertiary/aromatic N) is 1. The van der Waals surface area contributed by atoms with Gasteiger partial charge in [-0.15, -0.1) is 0 Å². The van der Waals surface area contributed by atoms with Crippen LogP contribution in [0, 0.1) is 5.92 Å². The molecule has 3 rings (SSSR count). The third-order valence-electron chi connectivity index (χ3n) is 4.05. The van der Waals surface area contributed by atoms with Crippen LogP contribution in [0.15, 0.2) is 23.3 Å². The van der Waals surface area contributed by atoms with E-state index in [0.717, 1.165) is 12.0 Å². The molecule has 1 aliphatic carbocycles. The van der Waals surface area contributed by atoms with E-state index in [4.69, 9.17) is 23.2 Å². The molecular weight excluding hydrogens is 323 g/mol. The molecule has 1 heterocycles. The molecule has 2 atom stereocenters. The quantitative estimate of drug-likeness (QED) is 0.582. The number of amides is 1. The van der Waals surface area contributed by atoms with E-state index in [0.29, 0.717) is 27.7 Å². The molecule has 0 spiro atoms. The minimum atomic E-state index is -0.245. The molecule has 2 unspecified atom stereocenters. The molecule has 7 heteroatoms. The van der Waals surface area contributed by atoms with Gasteiger partial charge in [-0.3, -0.25) is 10.2 Å². The van der Waals surface area contributed by atoms with Gasteiger partial charge in [0.25, 0.3) is 5.91 Å². The summed E-state index contributed by atoms with van der Waals surface area (Å²) in [4.78, 5) is 12.1. The van der Waals surface area contributed by atoms with Crippen LogP contribution in [0.25, 0.3) is 0 Å². The van der Waals surface area contributed by atoms with Crippen molar-refractivity contribution in [2.75, 3.05) is 0 Å². The molecule has 22 heavy (non-hydrogen) atoms. The number of hydrogen-bond acceptors (Lipinski definition) is 4. The Balaban J connectivity index is 1.59. The number of rotatable bonds is 4. The van der Waals surface area contributed by atoms with E-state index < -0.39 is 0 Å². The standard InChI is InChI=1S/C15H18Cl2N4O/c1-8(10-4-11(16)6-12(17)5-10)18-21-15(22)14-7-13(19-20-14)9-2-3-9/h4-6,9,13-14,19-20H,2-3,7H2,1H3,(H,21,22)/b18-8+. The van der Waals surface area contributed by atoms with Gasteiger partial charge in [0, 0.05) is 21.7 Å². The molecule has 2 aliphatic rings. The van der Waals surface area contributed by atoms with Crippen LogP contribution in [0.5, 0.6) is 0 Å². The molecule has 0 radical (unpaired) electrons. The molecule has 0 bridgehead atoms. The summed E-state index contributed by atoms with van der Waals surface area (Å²) < 4.78 is 0. The predicted molar refractivity (Wildman–Crippen MR) is 88.0 cm³/mol. The van der Waals surface area contributed by atoms with Crippen molar-refractivity contribution in [3.05, 3.63) is 33.8 Å². The highest BCUT2D eigenvalue weighted by atomic mass is 35.5. The summed E-state index contributed by atoms with van der Waals surface area (Å²) in [5.41, 5.74) is 10.3. The van der Waals surface area contributed by atoms with Gasteiger partial charge >= 0.3 is 0 Å². The summed E-state index contributed by atoms with van der Waals surface area (Å²) in [6, 6.07) is 5.33. The second-order valence-corrected chi connectivity index (χ2v) is 6.73. The number of halogens is 2. The van der Waals surface area contributed by atoms with E-state index in [-0.39, 0.29) is 11.9 Å². The second kappa shape index (κ2) is 6.54. The smallest absolute Gasteiger partial charge is 0.258 e. The highest BCUT2D eigenvalue weighted by Crippen LogP contribution is 2.35. The van der Waals surface area contributed by atoms with Crippen LogP contribution < -0.4 is 16.3 Å². The van der Waals surface area contributed by atoms with Crippen molar-refractivity contribution in [1.82, 2.24) is 16.3 Å². The fourth-order valence-corrected chi connectivity index (χ4v) is 3.13. The van der Waals surface area contributed by atoms with Crippen molar-refractivity contribution in [1.29, 1.82) is 0 Å². The first-order chi connectivity index (χ1) is 10.5. The summed E-state index contributed by atoms with van der Waals surface area (Å²) >= 11 is 11.9. The summed E-state index contributed by atoms with van der Waals surface area (Å²) in [6.45, 7) is 1.80. The first kappa shape index (κ1) is 15.7. The average Bonchev–Trinajstić information content (AvgIpc) is 3.20. The van der Waals surface area contributed by atoms with Gasteiger partial charge in [-0.2, -0.15) is 5.10 Å². The van der Waals surface area contributed by atoms with E-state index in [2.05, 4.69) is 21.4 Å². The number of carbonyl (C=O) groups is 1. The Morgan fingerprint density at radius 3 is 2.55 bits per heavy atom. The largest absolute Gasteiger partial charge is 0.271 e. The number of hydrogen-bond donors (Lipinski definition) is 3. The summed E-state index contributed by atoms with van der Waals surface area (Å²) in [5.74, 6) is 0.576. The van der Waals surface area contributed by atoms with E-state index in [1.165, 1.54) is 12.8 Å². The van der Waals surface area contributed by atoms with Gasteiger partial charge in [-0.05, 0) is 50.3 Å². The predicted octanol–water partition coefficient (Wildman–Crippen LogP) is 2.48. The number of carbonyl (C=O) groups excluding carboxylic acids is 1. The van der Waals surface area contributed by atoms with Crippen molar-refractivity contribution in [2.24, 2.45) is 11.0 Å². The zero-order valence-electron chi connectivity index (χ0n) is 12.2. The molecular formula is C15H18Cl2N4O. The van der Waals surface area contributed by atoms with Gasteiger partial charge in [-0.25, -0.2) is 10.9 Å². The van der Waals surface area contributed by atoms with Crippen molar-refractivity contribution in [2.45, 2.75) is 38.3 Å². The number of nitrogens with one attached hydrogen (secondary N) is 3. The van der Waals surface area contributed by atoms with Gasteiger partial charge in [-0.1, -0.05) is 23.2 Å². The van der Waals surface area contributed by atoms with E-state index in [9.17, 15) is 4.79 Å². The highest BCUT2D eigenvalue weighted by Gasteiger charge is 2.38. The minimum Gasteiger partial charge on any atom is -0.271 e. The van der Waals surface area contributed by atoms with E-state index in [1.807, 2.05) is 0 Å². The van der Waals surface area contributed by atoms with Crippen LogP contribution in [0.3, 0.4) is 0 Å². The number of benzene rings is 1. The molecule has 5 nitrogen and oxygen atoms in total. The fraction of sp³-hybridized carbons (Fsp3) is 0.467. The average molecular weight is 341 g/mol. The highest BCUT2D eigenvalue weighted by molar-refractivity contribution is 6.35. The maximum Gasteiger partial charge on any atom is 0.258 e. The Hall–Kier alpha value is -1.14. The molecule has 0 aromatic heterocycles. The van der Waals surface area contributed by atoms with Gasteiger partial charge in [0.15, 0.2) is 0 Å². The minimum absolute atomic E-state index is 0.136. The first-order valence-corrected chi connectivity index (χ1v) is 8.10. The monoisotopic (exact) mass is 340 g/mol. The first-order valence-electron chi connectivity index (χ1n) is 7.34. The van der Waals surface area contributed by atoms with Crippen molar-refractivity contribution >= 4 is 34.8 Å².